The van der Waals surface area contributed by atoms with E-state index in [-0.39, 0.29) is 5.82 Å². The predicted molar refractivity (Wildman–Crippen MR) is 77.4 cm³/mol. The third-order valence-electron chi connectivity index (χ3n) is 2.91. The minimum absolute atomic E-state index is 0.260. The van der Waals surface area contributed by atoms with Gasteiger partial charge in [-0.25, -0.2) is 4.39 Å². The van der Waals surface area contributed by atoms with Crippen LogP contribution in [0.1, 0.15) is 11.1 Å². The molecule has 2 aromatic carbocycles. The summed E-state index contributed by atoms with van der Waals surface area (Å²) in [6.45, 7) is 1.36. The molecule has 0 fully saturated rings. The molecular formula is C15H16ClFN2. The number of hydrogen-bond acceptors (Lipinski definition) is 2. The maximum absolute atomic E-state index is 13.2. The van der Waals surface area contributed by atoms with Crippen LogP contribution in [-0.4, -0.2) is 11.9 Å². The molecule has 0 saturated heterocycles. The summed E-state index contributed by atoms with van der Waals surface area (Å²) in [7, 11) is 1.97. The first-order chi connectivity index (χ1) is 9.04. The van der Waals surface area contributed by atoms with Crippen LogP contribution in [-0.2, 0) is 13.1 Å². The van der Waals surface area contributed by atoms with Crippen molar-refractivity contribution in [2.45, 2.75) is 13.1 Å². The van der Waals surface area contributed by atoms with E-state index in [0.717, 1.165) is 22.7 Å². The van der Waals surface area contributed by atoms with Gasteiger partial charge in [0, 0.05) is 23.8 Å². The van der Waals surface area contributed by atoms with Gasteiger partial charge in [-0.3, -0.25) is 4.90 Å². The van der Waals surface area contributed by atoms with Gasteiger partial charge in [-0.15, -0.1) is 0 Å². The molecule has 0 unspecified atom stereocenters. The average molecular weight is 279 g/mol. The number of nitrogen functional groups attached to an aromatic ring is 1. The molecule has 0 amide bonds. The van der Waals surface area contributed by atoms with Crippen LogP contribution in [0.15, 0.2) is 42.5 Å². The SMILES string of the molecule is CN(Cc1ccc(Cl)cc1)Cc1cc(F)ccc1N. The smallest absolute Gasteiger partial charge is 0.123 e. The predicted octanol–water partition coefficient (Wildman–Crippen LogP) is 3.69. The molecule has 2 rings (SSSR count). The van der Waals surface area contributed by atoms with Gasteiger partial charge < -0.3 is 5.73 Å². The van der Waals surface area contributed by atoms with E-state index in [0.29, 0.717) is 12.2 Å². The summed E-state index contributed by atoms with van der Waals surface area (Å²) in [4.78, 5) is 2.08. The molecular weight excluding hydrogens is 263 g/mol. The summed E-state index contributed by atoms with van der Waals surface area (Å²) in [6, 6.07) is 12.1. The lowest BCUT2D eigenvalue weighted by molar-refractivity contribution is 0.319. The van der Waals surface area contributed by atoms with E-state index < -0.39 is 0 Å². The first-order valence-electron chi connectivity index (χ1n) is 6.01. The fourth-order valence-corrected chi connectivity index (χ4v) is 2.09. The molecule has 0 aromatic heterocycles. The second kappa shape index (κ2) is 6.04. The number of halogens is 2. The number of anilines is 1. The molecule has 0 saturated carbocycles. The molecule has 19 heavy (non-hydrogen) atoms. The maximum Gasteiger partial charge on any atom is 0.123 e. The topological polar surface area (TPSA) is 29.3 Å². The Bertz CT molecular complexity index is 555. The molecule has 2 aromatic rings. The van der Waals surface area contributed by atoms with Gasteiger partial charge >= 0.3 is 0 Å². The van der Waals surface area contributed by atoms with Crippen molar-refractivity contribution in [1.29, 1.82) is 0 Å². The van der Waals surface area contributed by atoms with Gasteiger partial charge in [0.05, 0.1) is 0 Å². The molecule has 0 atom stereocenters. The lowest BCUT2D eigenvalue weighted by Gasteiger charge is -2.18. The molecule has 0 radical (unpaired) electrons. The second-order valence-electron chi connectivity index (χ2n) is 4.64. The molecule has 0 bridgehead atoms. The lowest BCUT2D eigenvalue weighted by atomic mass is 10.1. The highest BCUT2D eigenvalue weighted by Crippen LogP contribution is 2.17. The Morgan fingerprint density at radius 1 is 1.11 bits per heavy atom. The van der Waals surface area contributed by atoms with E-state index in [1.54, 1.807) is 6.07 Å². The summed E-state index contributed by atoms with van der Waals surface area (Å²) < 4.78 is 13.2. The van der Waals surface area contributed by atoms with Crippen molar-refractivity contribution in [1.82, 2.24) is 4.90 Å². The average Bonchev–Trinajstić information content (AvgIpc) is 2.37. The highest BCUT2D eigenvalue weighted by atomic mass is 35.5. The van der Waals surface area contributed by atoms with Crippen molar-refractivity contribution in [2.24, 2.45) is 0 Å². The van der Waals surface area contributed by atoms with Gasteiger partial charge in [-0.1, -0.05) is 23.7 Å². The van der Waals surface area contributed by atoms with Crippen molar-refractivity contribution in [2.75, 3.05) is 12.8 Å². The zero-order chi connectivity index (χ0) is 13.8. The van der Waals surface area contributed by atoms with Crippen LogP contribution < -0.4 is 5.73 Å². The molecule has 2 nitrogen and oxygen atoms in total. The number of rotatable bonds is 4. The van der Waals surface area contributed by atoms with Gasteiger partial charge in [-0.2, -0.15) is 0 Å². The van der Waals surface area contributed by atoms with Crippen molar-refractivity contribution in [3.63, 3.8) is 0 Å². The van der Waals surface area contributed by atoms with E-state index in [9.17, 15) is 4.39 Å². The van der Waals surface area contributed by atoms with Crippen LogP contribution in [0, 0.1) is 5.82 Å². The minimum atomic E-state index is -0.260. The van der Waals surface area contributed by atoms with Crippen LogP contribution in [0.5, 0.6) is 0 Å². The normalized spacial score (nSPS) is 10.9. The van der Waals surface area contributed by atoms with Gasteiger partial charge in [-0.05, 0) is 48.5 Å². The molecule has 0 aliphatic carbocycles. The monoisotopic (exact) mass is 278 g/mol. The lowest BCUT2D eigenvalue weighted by Crippen LogP contribution is -2.18. The number of benzene rings is 2. The number of nitrogens with two attached hydrogens (primary N) is 1. The number of nitrogens with zero attached hydrogens (tertiary/aromatic N) is 1. The van der Waals surface area contributed by atoms with Crippen molar-refractivity contribution >= 4 is 17.3 Å². The Morgan fingerprint density at radius 2 is 1.79 bits per heavy atom. The zero-order valence-corrected chi connectivity index (χ0v) is 11.5. The first-order valence-corrected chi connectivity index (χ1v) is 6.39. The molecule has 0 spiro atoms. The fraction of sp³-hybridized carbons (Fsp3) is 0.200. The van der Waals surface area contributed by atoms with Gasteiger partial charge in [0.1, 0.15) is 5.82 Å². The van der Waals surface area contributed by atoms with E-state index in [4.69, 9.17) is 17.3 Å². The van der Waals surface area contributed by atoms with Gasteiger partial charge in [0.15, 0.2) is 0 Å². The maximum atomic E-state index is 13.2. The van der Waals surface area contributed by atoms with Gasteiger partial charge in [0.2, 0.25) is 0 Å². The Labute approximate surface area is 117 Å². The van der Waals surface area contributed by atoms with E-state index >= 15 is 0 Å². The molecule has 2 N–H and O–H groups in total. The third kappa shape index (κ3) is 3.94. The largest absolute Gasteiger partial charge is 0.398 e. The standard InChI is InChI=1S/C15H16ClFN2/c1-19(9-11-2-4-13(16)5-3-11)10-12-8-14(17)6-7-15(12)18/h2-8H,9-10,18H2,1H3. The minimum Gasteiger partial charge on any atom is -0.398 e. The summed E-state index contributed by atoms with van der Waals surface area (Å²) in [5, 5.41) is 0.723. The first kappa shape index (κ1) is 13.8. The number of hydrogen-bond donors (Lipinski definition) is 1. The summed E-state index contributed by atoms with van der Waals surface area (Å²) in [5.41, 5.74) is 8.41. The van der Waals surface area contributed by atoms with Crippen molar-refractivity contribution < 1.29 is 4.39 Å². The van der Waals surface area contributed by atoms with Gasteiger partial charge in [0.25, 0.3) is 0 Å². The Kier molecular flexibility index (Phi) is 4.40. The molecule has 0 aliphatic heterocycles. The summed E-state index contributed by atoms with van der Waals surface area (Å²) >= 11 is 5.84. The van der Waals surface area contributed by atoms with Crippen LogP contribution >= 0.6 is 11.6 Å². The fourth-order valence-electron chi connectivity index (χ4n) is 1.96. The summed E-state index contributed by atoms with van der Waals surface area (Å²) in [5.74, 6) is -0.260. The Morgan fingerprint density at radius 3 is 2.47 bits per heavy atom. The highest BCUT2D eigenvalue weighted by molar-refractivity contribution is 6.30. The van der Waals surface area contributed by atoms with E-state index in [1.165, 1.54) is 12.1 Å². The van der Waals surface area contributed by atoms with E-state index in [1.807, 2.05) is 31.3 Å². The molecule has 0 heterocycles. The third-order valence-corrected chi connectivity index (χ3v) is 3.16. The van der Waals surface area contributed by atoms with E-state index in [2.05, 4.69) is 4.90 Å². The highest BCUT2D eigenvalue weighted by Gasteiger charge is 2.06. The molecule has 4 heteroatoms. The van der Waals surface area contributed by atoms with Crippen LogP contribution in [0.4, 0.5) is 10.1 Å². The molecule has 100 valence electrons. The quantitative estimate of drug-likeness (QED) is 0.864. The van der Waals surface area contributed by atoms with Crippen molar-refractivity contribution in [3.05, 3.63) is 64.4 Å². The van der Waals surface area contributed by atoms with Crippen LogP contribution in [0.3, 0.4) is 0 Å². The Balaban J connectivity index is 2.02. The zero-order valence-electron chi connectivity index (χ0n) is 10.7. The summed E-state index contributed by atoms with van der Waals surface area (Å²) in [6.07, 6.45) is 0. The molecule has 0 aliphatic rings. The second-order valence-corrected chi connectivity index (χ2v) is 5.08. The van der Waals surface area contributed by atoms with Crippen LogP contribution in [0.2, 0.25) is 5.02 Å². The van der Waals surface area contributed by atoms with Crippen molar-refractivity contribution in [3.8, 4) is 0 Å². The van der Waals surface area contributed by atoms with Crippen LogP contribution in [0.25, 0.3) is 0 Å². The Hall–Kier alpha value is -1.58.